The molecule has 0 nitrogen and oxygen atoms in total. The third-order valence-corrected chi connectivity index (χ3v) is 3.43. The van der Waals surface area contributed by atoms with E-state index in [0.29, 0.717) is 0 Å². The second kappa shape index (κ2) is 5.82. The minimum atomic E-state index is 1.08. The Morgan fingerprint density at radius 1 is 1.31 bits per heavy atom. The number of hydrogen-bond acceptors (Lipinski definition) is 0. The number of aryl methyl sites for hydroxylation is 2. The van der Waals surface area contributed by atoms with Gasteiger partial charge in [-0.1, -0.05) is 50.9 Å². The van der Waals surface area contributed by atoms with Gasteiger partial charge in [-0.3, -0.25) is 0 Å². The molecule has 1 rings (SSSR count). The summed E-state index contributed by atoms with van der Waals surface area (Å²) in [6, 6.07) is 6.64. The van der Waals surface area contributed by atoms with Gasteiger partial charge in [-0.25, -0.2) is 0 Å². The quantitative estimate of drug-likeness (QED) is 0.726. The number of alkyl halides is 1. The molecule has 0 atom stereocenters. The van der Waals surface area contributed by atoms with Crippen LogP contribution in [-0.4, -0.2) is 5.33 Å². The standard InChI is InChI=1S/C11H14Br2/c1-2-9-5-6-11(13)10(8-9)4-3-7-12/h5-6,8H,2-4,7H2,1H3. The van der Waals surface area contributed by atoms with Gasteiger partial charge in [-0.15, -0.1) is 0 Å². The van der Waals surface area contributed by atoms with Crippen molar-refractivity contribution in [2.24, 2.45) is 0 Å². The summed E-state index contributed by atoms with van der Waals surface area (Å²) in [4.78, 5) is 0. The summed E-state index contributed by atoms with van der Waals surface area (Å²) in [5.74, 6) is 0. The molecule has 0 aliphatic heterocycles. The summed E-state index contributed by atoms with van der Waals surface area (Å²) in [6.07, 6.45) is 3.47. The molecule has 0 heterocycles. The second-order valence-corrected chi connectivity index (χ2v) is 4.72. The minimum Gasteiger partial charge on any atom is -0.0928 e. The van der Waals surface area contributed by atoms with Gasteiger partial charge < -0.3 is 0 Å². The Hall–Kier alpha value is 0.180. The van der Waals surface area contributed by atoms with Gasteiger partial charge in [0.15, 0.2) is 0 Å². The molecule has 0 saturated carbocycles. The minimum absolute atomic E-state index is 1.08. The Labute approximate surface area is 97.0 Å². The first-order valence-corrected chi connectivity index (χ1v) is 6.52. The van der Waals surface area contributed by atoms with Crippen molar-refractivity contribution >= 4 is 31.9 Å². The predicted molar refractivity (Wildman–Crippen MR) is 65.6 cm³/mol. The molecular weight excluding hydrogens is 292 g/mol. The molecule has 0 aliphatic rings. The van der Waals surface area contributed by atoms with Gasteiger partial charge in [-0.05, 0) is 36.5 Å². The van der Waals surface area contributed by atoms with Gasteiger partial charge in [-0.2, -0.15) is 0 Å². The first-order valence-electron chi connectivity index (χ1n) is 4.61. The Bertz CT molecular complexity index is 269. The number of benzene rings is 1. The van der Waals surface area contributed by atoms with E-state index in [2.05, 4.69) is 57.0 Å². The number of rotatable bonds is 4. The van der Waals surface area contributed by atoms with E-state index in [1.54, 1.807) is 0 Å². The van der Waals surface area contributed by atoms with Crippen molar-refractivity contribution in [1.82, 2.24) is 0 Å². The van der Waals surface area contributed by atoms with Crippen molar-refractivity contribution < 1.29 is 0 Å². The maximum Gasteiger partial charge on any atom is 0.0207 e. The Morgan fingerprint density at radius 2 is 2.08 bits per heavy atom. The molecule has 1 aromatic rings. The fourth-order valence-corrected chi connectivity index (χ4v) is 2.02. The van der Waals surface area contributed by atoms with E-state index in [9.17, 15) is 0 Å². The zero-order valence-corrected chi connectivity index (χ0v) is 11.0. The van der Waals surface area contributed by atoms with E-state index in [0.717, 1.165) is 18.2 Å². The molecule has 0 bridgehead atoms. The molecule has 0 spiro atoms. The maximum atomic E-state index is 3.57. The van der Waals surface area contributed by atoms with Gasteiger partial charge in [0, 0.05) is 9.80 Å². The summed E-state index contributed by atoms with van der Waals surface area (Å²) in [7, 11) is 0. The zero-order valence-electron chi connectivity index (χ0n) is 7.82. The molecule has 0 unspecified atom stereocenters. The lowest BCUT2D eigenvalue weighted by atomic mass is 10.1. The van der Waals surface area contributed by atoms with Crippen molar-refractivity contribution in [2.75, 3.05) is 5.33 Å². The number of hydrogen-bond donors (Lipinski definition) is 0. The SMILES string of the molecule is CCc1ccc(Br)c(CCCBr)c1. The predicted octanol–water partition coefficient (Wildman–Crippen LogP) is 4.34. The molecule has 0 N–H and O–H groups in total. The summed E-state index contributed by atoms with van der Waals surface area (Å²) in [5, 5.41) is 1.08. The highest BCUT2D eigenvalue weighted by Gasteiger charge is 2.00. The van der Waals surface area contributed by atoms with Crippen LogP contribution in [0.4, 0.5) is 0 Å². The van der Waals surface area contributed by atoms with Crippen LogP contribution in [0.15, 0.2) is 22.7 Å². The average Bonchev–Trinajstić information content (AvgIpc) is 2.17. The van der Waals surface area contributed by atoms with Crippen LogP contribution in [0.1, 0.15) is 24.5 Å². The molecule has 0 aromatic heterocycles. The van der Waals surface area contributed by atoms with Crippen LogP contribution >= 0.6 is 31.9 Å². The van der Waals surface area contributed by atoms with Crippen molar-refractivity contribution in [3.05, 3.63) is 33.8 Å². The smallest absolute Gasteiger partial charge is 0.0207 e. The van der Waals surface area contributed by atoms with Crippen LogP contribution in [0.2, 0.25) is 0 Å². The fourth-order valence-electron chi connectivity index (χ4n) is 1.30. The van der Waals surface area contributed by atoms with Crippen LogP contribution in [0.25, 0.3) is 0 Å². The molecule has 0 saturated heterocycles. The molecular formula is C11H14Br2. The molecule has 0 radical (unpaired) electrons. The molecule has 1 aromatic carbocycles. The van der Waals surface area contributed by atoms with E-state index in [1.165, 1.54) is 22.0 Å². The summed E-state index contributed by atoms with van der Waals surface area (Å²) in [6.45, 7) is 2.19. The first kappa shape index (κ1) is 11.3. The first-order chi connectivity index (χ1) is 6.27. The molecule has 0 aliphatic carbocycles. The second-order valence-electron chi connectivity index (χ2n) is 3.07. The zero-order chi connectivity index (χ0) is 9.68. The maximum absolute atomic E-state index is 3.57. The average molecular weight is 306 g/mol. The summed E-state index contributed by atoms with van der Waals surface area (Å²) >= 11 is 7.03. The normalized spacial score (nSPS) is 10.4. The van der Waals surface area contributed by atoms with Crippen molar-refractivity contribution in [3.63, 3.8) is 0 Å². The molecule has 0 fully saturated rings. The van der Waals surface area contributed by atoms with E-state index < -0.39 is 0 Å². The molecule has 2 heteroatoms. The molecule has 72 valence electrons. The monoisotopic (exact) mass is 304 g/mol. The lowest BCUT2D eigenvalue weighted by Gasteiger charge is -2.05. The van der Waals surface area contributed by atoms with Crippen LogP contribution in [0.5, 0.6) is 0 Å². The van der Waals surface area contributed by atoms with E-state index in [1.807, 2.05) is 0 Å². The topological polar surface area (TPSA) is 0 Å². The van der Waals surface area contributed by atoms with Crippen molar-refractivity contribution in [2.45, 2.75) is 26.2 Å². The van der Waals surface area contributed by atoms with Gasteiger partial charge in [0.1, 0.15) is 0 Å². The van der Waals surface area contributed by atoms with Crippen molar-refractivity contribution in [3.8, 4) is 0 Å². The van der Waals surface area contributed by atoms with E-state index >= 15 is 0 Å². The molecule has 13 heavy (non-hydrogen) atoms. The van der Waals surface area contributed by atoms with Crippen molar-refractivity contribution in [1.29, 1.82) is 0 Å². The summed E-state index contributed by atoms with van der Waals surface area (Å²) in [5.41, 5.74) is 2.85. The fraction of sp³-hybridized carbons (Fsp3) is 0.455. The van der Waals surface area contributed by atoms with Crippen LogP contribution < -0.4 is 0 Å². The summed E-state index contributed by atoms with van der Waals surface area (Å²) < 4.78 is 1.24. The van der Waals surface area contributed by atoms with Gasteiger partial charge >= 0.3 is 0 Å². The lowest BCUT2D eigenvalue weighted by molar-refractivity contribution is 0.928. The molecule has 0 amide bonds. The Kier molecular flexibility index (Phi) is 5.04. The third kappa shape index (κ3) is 3.43. The largest absolute Gasteiger partial charge is 0.0928 e. The van der Waals surface area contributed by atoms with E-state index in [4.69, 9.17) is 0 Å². The van der Waals surface area contributed by atoms with Gasteiger partial charge in [0.25, 0.3) is 0 Å². The van der Waals surface area contributed by atoms with Crippen LogP contribution in [0, 0.1) is 0 Å². The van der Waals surface area contributed by atoms with Crippen LogP contribution in [0.3, 0.4) is 0 Å². The van der Waals surface area contributed by atoms with E-state index in [-0.39, 0.29) is 0 Å². The highest BCUT2D eigenvalue weighted by atomic mass is 79.9. The van der Waals surface area contributed by atoms with Crippen LogP contribution in [-0.2, 0) is 12.8 Å². The highest BCUT2D eigenvalue weighted by Crippen LogP contribution is 2.20. The lowest BCUT2D eigenvalue weighted by Crippen LogP contribution is -1.90. The number of halogens is 2. The van der Waals surface area contributed by atoms with Gasteiger partial charge in [0.2, 0.25) is 0 Å². The Balaban J connectivity index is 2.78. The Morgan fingerprint density at radius 3 is 2.69 bits per heavy atom. The third-order valence-electron chi connectivity index (χ3n) is 2.10. The van der Waals surface area contributed by atoms with Gasteiger partial charge in [0.05, 0.1) is 0 Å². The highest BCUT2D eigenvalue weighted by molar-refractivity contribution is 9.10.